The molecule has 0 aliphatic heterocycles. The van der Waals surface area contributed by atoms with Crippen molar-refractivity contribution in [2.24, 2.45) is 0 Å². The van der Waals surface area contributed by atoms with E-state index >= 15 is 0 Å². The van der Waals surface area contributed by atoms with Gasteiger partial charge in [0.1, 0.15) is 17.9 Å². The second-order valence-corrected chi connectivity index (χ2v) is 8.52. The molecule has 0 saturated carbocycles. The number of hydrogen-bond donors (Lipinski definition) is 1. The van der Waals surface area contributed by atoms with Crippen molar-refractivity contribution < 1.29 is 9.53 Å². The fourth-order valence-electron chi connectivity index (χ4n) is 3.02. The van der Waals surface area contributed by atoms with Crippen molar-refractivity contribution in [2.45, 2.75) is 11.8 Å². The number of ether oxygens (including phenoxy) is 1. The molecule has 0 aliphatic rings. The average Bonchev–Trinajstić information content (AvgIpc) is 2.82. The molecule has 170 valence electrons. The number of likely N-dealkylation sites (N-methyl/N-ethyl adjacent to an activating group) is 1. The lowest BCUT2D eigenvalue weighted by atomic mass is 10.2. The van der Waals surface area contributed by atoms with Gasteiger partial charge in [0, 0.05) is 35.4 Å². The third kappa shape index (κ3) is 7.20. The standard InChI is InChI=1S/C24H26N6O2S/c1-18-16-23(27-20-6-4-19(17-25)5-7-20)28-24(26-18)30(14-15-31)13-12-29(2)33-22-10-8-21(32-3)9-11-22/h4-11,15-16H,12-14H2,1-3H3,(H,26,27,28). The number of benzene rings is 2. The number of carbonyl (C=O) groups is 1. The van der Waals surface area contributed by atoms with E-state index in [1.165, 1.54) is 0 Å². The third-order valence-electron chi connectivity index (χ3n) is 4.71. The minimum atomic E-state index is 0.195. The van der Waals surface area contributed by atoms with Crippen LogP contribution in [0.15, 0.2) is 59.5 Å². The van der Waals surface area contributed by atoms with Crippen LogP contribution in [0.25, 0.3) is 0 Å². The number of anilines is 3. The van der Waals surface area contributed by atoms with E-state index in [4.69, 9.17) is 10.00 Å². The van der Waals surface area contributed by atoms with Gasteiger partial charge in [0.2, 0.25) is 5.95 Å². The van der Waals surface area contributed by atoms with Crippen LogP contribution < -0.4 is 15.0 Å². The monoisotopic (exact) mass is 462 g/mol. The fraction of sp³-hybridized carbons (Fsp3) is 0.250. The molecule has 0 radical (unpaired) electrons. The van der Waals surface area contributed by atoms with Crippen LogP contribution in [0.1, 0.15) is 11.3 Å². The lowest BCUT2D eigenvalue weighted by Gasteiger charge is -2.24. The predicted molar refractivity (Wildman–Crippen MR) is 131 cm³/mol. The van der Waals surface area contributed by atoms with Gasteiger partial charge in [-0.3, -0.25) is 0 Å². The Kier molecular flexibility index (Phi) is 8.63. The van der Waals surface area contributed by atoms with Gasteiger partial charge >= 0.3 is 0 Å². The summed E-state index contributed by atoms with van der Waals surface area (Å²) in [5.41, 5.74) is 2.19. The first kappa shape index (κ1) is 24.0. The van der Waals surface area contributed by atoms with Crippen LogP contribution in [0.4, 0.5) is 17.5 Å². The number of nitrogens with zero attached hydrogens (tertiary/aromatic N) is 5. The molecule has 9 heteroatoms. The first-order chi connectivity index (χ1) is 16.0. The van der Waals surface area contributed by atoms with Crippen molar-refractivity contribution in [1.29, 1.82) is 5.26 Å². The van der Waals surface area contributed by atoms with Gasteiger partial charge in [-0.25, -0.2) is 9.29 Å². The molecule has 0 bridgehead atoms. The molecule has 0 atom stereocenters. The SMILES string of the molecule is COc1ccc(SN(C)CCN(CC=O)c2nc(C)cc(Nc3ccc(C#N)cc3)n2)cc1. The molecule has 8 nitrogen and oxygen atoms in total. The number of nitriles is 1. The smallest absolute Gasteiger partial charge is 0.227 e. The van der Waals surface area contributed by atoms with Crippen LogP contribution in [0.3, 0.4) is 0 Å². The molecular weight excluding hydrogens is 436 g/mol. The molecule has 0 unspecified atom stereocenters. The first-order valence-corrected chi connectivity index (χ1v) is 11.1. The lowest BCUT2D eigenvalue weighted by molar-refractivity contribution is -0.106. The molecule has 0 spiro atoms. The highest BCUT2D eigenvalue weighted by atomic mass is 32.2. The van der Waals surface area contributed by atoms with Crippen LogP contribution >= 0.6 is 11.9 Å². The number of methoxy groups -OCH3 is 1. The molecule has 1 N–H and O–H groups in total. The molecule has 0 amide bonds. The summed E-state index contributed by atoms with van der Waals surface area (Å²) in [5, 5.41) is 12.2. The van der Waals surface area contributed by atoms with Crippen LogP contribution in [0.2, 0.25) is 0 Å². The maximum Gasteiger partial charge on any atom is 0.227 e. The van der Waals surface area contributed by atoms with E-state index < -0.39 is 0 Å². The van der Waals surface area contributed by atoms with E-state index in [0.29, 0.717) is 30.4 Å². The van der Waals surface area contributed by atoms with Crippen molar-refractivity contribution in [3.8, 4) is 11.8 Å². The summed E-state index contributed by atoms with van der Waals surface area (Å²) in [6, 6.07) is 18.9. The number of carbonyl (C=O) groups excluding carboxylic acids is 1. The summed E-state index contributed by atoms with van der Waals surface area (Å²) >= 11 is 1.62. The first-order valence-electron chi connectivity index (χ1n) is 10.4. The second-order valence-electron chi connectivity index (χ2n) is 7.24. The zero-order chi connectivity index (χ0) is 23.6. The second kappa shape index (κ2) is 11.9. The zero-order valence-electron chi connectivity index (χ0n) is 18.9. The number of aldehydes is 1. The topological polar surface area (TPSA) is 94.4 Å². The van der Waals surface area contributed by atoms with Gasteiger partial charge in [0.25, 0.3) is 0 Å². The van der Waals surface area contributed by atoms with Gasteiger partial charge in [-0.15, -0.1) is 0 Å². The summed E-state index contributed by atoms with van der Waals surface area (Å²) in [5.74, 6) is 1.93. The zero-order valence-corrected chi connectivity index (χ0v) is 19.7. The summed E-state index contributed by atoms with van der Waals surface area (Å²) in [6.45, 7) is 3.36. The molecule has 0 fully saturated rings. The molecule has 3 aromatic rings. The quantitative estimate of drug-likeness (QED) is 0.334. The molecule has 1 aromatic heterocycles. The van der Waals surface area contributed by atoms with E-state index in [1.54, 1.807) is 31.2 Å². The Balaban J connectivity index is 1.67. The number of rotatable bonds is 11. The van der Waals surface area contributed by atoms with Gasteiger partial charge in [-0.2, -0.15) is 10.2 Å². The normalized spacial score (nSPS) is 10.5. The Morgan fingerprint density at radius 2 is 1.85 bits per heavy atom. The van der Waals surface area contributed by atoms with E-state index in [9.17, 15) is 4.79 Å². The van der Waals surface area contributed by atoms with Crippen molar-refractivity contribution in [1.82, 2.24) is 14.3 Å². The average molecular weight is 463 g/mol. The van der Waals surface area contributed by atoms with E-state index in [2.05, 4.69) is 25.7 Å². The Labute approximate surface area is 198 Å². The maximum absolute atomic E-state index is 11.3. The number of hydrogen-bond acceptors (Lipinski definition) is 9. The Hall–Kier alpha value is -3.61. The van der Waals surface area contributed by atoms with Crippen molar-refractivity contribution in [3.63, 3.8) is 0 Å². The summed E-state index contributed by atoms with van der Waals surface area (Å²) < 4.78 is 7.30. The lowest BCUT2D eigenvalue weighted by Crippen LogP contribution is -2.34. The molecular formula is C24H26N6O2S. The van der Waals surface area contributed by atoms with Crippen molar-refractivity contribution in [2.75, 3.05) is 44.0 Å². The Morgan fingerprint density at radius 1 is 1.12 bits per heavy atom. The largest absolute Gasteiger partial charge is 0.497 e. The summed E-state index contributed by atoms with van der Waals surface area (Å²) in [4.78, 5) is 23.4. The van der Waals surface area contributed by atoms with Gasteiger partial charge in [0.05, 0.1) is 25.3 Å². The van der Waals surface area contributed by atoms with Crippen LogP contribution in [0.5, 0.6) is 5.75 Å². The van der Waals surface area contributed by atoms with Crippen LogP contribution in [-0.2, 0) is 4.79 Å². The van der Waals surface area contributed by atoms with Gasteiger partial charge in [-0.1, -0.05) is 0 Å². The van der Waals surface area contributed by atoms with Crippen LogP contribution in [-0.4, -0.2) is 54.4 Å². The van der Waals surface area contributed by atoms with Crippen molar-refractivity contribution >= 4 is 35.7 Å². The maximum atomic E-state index is 11.3. The molecule has 0 aliphatic carbocycles. The minimum absolute atomic E-state index is 0.195. The fourth-order valence-corrected chi connectivity index (χ4v) is 3.81. The molecule has 33 heavy (non-hydrogen) atoms. The van der Waals surface area contributed by atoms with E-state index in [0.717, 1.165) is 28.3 Å². The van der Waals surface area contributed by atoms with Crippen molar-refractivity contribution in [3.05, 3.63) is 65.9 Å². The number of nitrogens with one attached hydrogen (secondary N) is 1. The van der Waals surface area contributed by atoms with E-state index in [1.807, 2.05) is 61.3 Å². The molecule has 0 saturated heterocycles. The van der Waals surface area contributed by atoms with Gasteiger partial charge in [0.15, 0.2) is 0 Å². The molecule has 1 heterocycles. The Morgan fingerprint density at radius 3 is 2.48 bits per heavy atom. The highest BCUT2D eigenvalue weighted by Gasteiger charge is 2.13. The summed E-state index contributed by atoms with van der Waals surface area (Å²) in [6.07, 6.45) is 0.857. The number of aryl methyl sites for hydroxylation is 1. The predicted octanol–water partition coefficient (Wildman–Crippen LogP) is 4.05. The highest BCUT2D eigenvalue weighted by Crippen LogP contribution is 2.24. The molecule has 3 rings (SSSR count). The third-order valence-corrected chi connectivity index (χ3v) is 5.69. The van der Waals surface area contributed by atoms with Crippen LogP contribution in [0, 0.1) is 18.3 Å². The highest BCUT2D eigenvalue weighted by molar-refractivity contribution is 7.97. The van der Waals surface area contributed by atoms with E-state index in [-0.39, 0.29) is 6.54 Å². The van der Waals surface area contributed by atoms with Gasteiger partial charge < -0.3 is 19.7 Å². The minimum Gasteiger partial charge on any atom is -0.497 e. The number of aromatic nitrogens is 2. The Bertz CT molecular complexity index is 1100. The summed E-state index contributed by atoms with van der Waals surface area (Å²) in [7, 11) is 3.65. The van der Waals surface area contributed by atoms with Gasteiger partial charge in [-0.05, 0) is 74.5 Å². The molecule has 2 aromatic carbocycles.